The highest BCUT2D eigenvalue weighted by atomic mass is 15.2. The molecule has 1 heterocycles. The van der Waals surface area contributed by atoms with Crippen molar-refractivity contribution in [2.75, 3.05) is 13.1 Å². The van der Waals surface area contributed by atoms with Crippen LogP contribution in [0.4, 0.5) is 0 Å². The van der Waals surface area contributed by atoms with Gasteiger partial charge in [-0.05, 0) is 44.1 Å². The molecule has 0 aromatic rings. The zero-order chi connectivity index (χ0) is 10.7. The molecule has 1 saturated heterocycles. The first kappa shape index (κ1) is 11.4. The van der Waals surface area contributed by atoms with Crippen molar-refractivity contribution in [3.63, 3.8) is 0 Å². The fourth-order valence-electron chi connectivity index (χ4n) is 3.35. The Morgan fingerprint density at radius 1 is 0.933 bits per heavy atom. The van der Waals surface area contributed by atoms with Crippen LogP contribution in [0.5, 0.6) is 0 Å². The molecule has 1 heteroatoms. The molecule has 1 aliphatic heterocycles. The zero-order valence-corrected chi connectivity index (χ0v) is 10.5. The molecule has 1 aliphatic carbocycles. The van der Waals surface area contributed by atoms with E-state index in [0.717, 1.165) is 17.9 Å². The summed E-state index contributed by atoms with van der Waals surface area (Å²) in [4.78, 5) is 2.82. The monoisotopic (exact) mass is 209 g/mol. The largest absolute Gasteiger partial charge is 0.300 e. The van der Waals surface area contributed by atoms with Crippen molar-refractivity contribution in [3.05, 3.63) is 0 Å². The van der Waals surface area contributed by atoms with Crippen molar-refractivity contribution >= 4 is 0 Å². The first-order valence-electron chi connectivity index (χ1n) is 7.01. The van der Waals surface area contributed by atoms with Crippen molar-refractivity contribution in [2.24, 2.45) is 11.8 Å². The minimum Gasteiger partial charge on any atom is -0.300 e. The molecule has 0 amide bonds. The summed E-state index contributed by atoms with van der Waals surface area (Å²) in [6, 6.07) is 0.948. The second kappa shape index (κ2) is 5.34. The van der Waals surface area contributed by atoms with E-state index in [-0.39, 0.29) is 0 Å². The van der Waals surface area contributed by atoms with E-state index in [1.54, 1.807) is 0 Å². The minimum absolute atomic E-state index is 0.881. The average molecular weight is 209 g/mol. The van der Waals surface area contributed by atoms with Crippen LogP contribution < -0.4 is 0 Å². The maximum Gasteiger partial charge on any atom is 0.00953 e. The molecule has 0 aromatic heterocycles. The summed E-state index contributed by atoms with van der Waals surface area (Å²) in [5, 5.41) is 0. The third-order valence-electron chi connectivity index (χ3n) is 4.52. The molecule has 0 aromatic carbocycles. The number of hydrogen-bond acceptors (Lipinski definition) is 1. The molecule has 2 fully saturated rings. The van der Waals surface area contributed by atoms with Crippen molar-refractivity contribution in [1.29, 1.82) is 0 Å². The van der Waals surface area contributed by atoms with Crippen molar-refractivity contribution in [1.82, 2.24) is 4.90 Å². The van der Waals surface area contributed by atoms with Crippen LogP contribution in [0.25, 0.3) is 0 Å². The molecule has 0 radical (unpaired) electrons. The van der Waals surface area contributed by atoms with E-state index in [0.29, 0.717) is 0 Å². The van der Waals surface area contributed by atoms with E-state index in [2.05, 4.69) is 18.7 Å². The van der Waals surface area contributed by atoms with Crippen LogP contribution in [-0.2, 0) is 0 Å². The summed E-state index contributed by atoms with van der Waals surface area (Å²) in [7, 11) is 0. The maximum absolute atomic E-state index is 2.82. The molecule has 0 bridgehead atoms. The van der Waals surface area contributed by atoms with Crippen LogP contribution in [0, 0.1) is 11.8 Å². The highest BCUT2D eigenvalue weighted by molar-refractivity contribution is 4.82. The van der Waals surface area contributed by atoms with Gasteiger partial charge in [-0.3, -0.25) is 0 Å². The second-order valence-corrected chi connectivity index (χ2v) is 5.93. The Hall–Kier alpha value is -0.0400. The minimum atomic E-state index is 0.881. The van der Waals surface area contributed by atoms with Gasteiger partial charge in [0.05, 0.1) is 0 Å². The Kier molecular flexibility index (Phi) is 4.07. The molecule has 1 saturated carbocycles. The summed E-state index contributed by atoms with van der Waals surface area (Å²) in [5.41, 5.74) is 0. The van der Waals surface area contributed by atoms with Crippen molar-refractivity contribution in [2.45, 2.75) is 64.8 Å². The Balaban J connectivity index is 1.92. The van der Waals surface area contributed by atoms with E-state index in [1.807, 2.05) is 0 Å². The summed E-state index contributed by atoms with van der Waals surface area (Å²) in [6.07, 6.45) is 10.3. The lowest BCUT2D eigenvalue weighted by Crippen LogP contribution is -2.37. The first-order valence-corrected chi connectivity index (χ1v) is 7.01. The molecular formula is C14H27N. The predicted octanol–water partition coefficient (Wildman–Crippen LogP) is 3.69. The smallest absolute Gasteiger partial charge is 0.00953 e. The van der Waals surface area contributed by atoms with Crippen LogP contribution in [-0.4, -0.2) is 24.0 Å². The van der Waals surface area contributed by atoms with Gasteiger partial charge in [-0.2, -0.15) is 0 Å². The Bertz CT molecular complexity index is 182. The fraction of sp³-hybridized carbons (Fsp3) is 1.00. The van der Waals surface area contributed by atoms with Gasteiger partial charge in [0, 0.05) is 12.6 Å². The van der Waals surface area contributed by atoms with Gasteiger partial charge >= 0.3 is 0 Å². The van der Waals surface area contributed by atoms with E-state index >= 15 is 0 Å². The van der Waals surface area contributed by atoms with Gasteiger partial charge in [0.2, 0.25) is 0 Å². The third-order valence-corrected chi connectivity index (χ3v) is 4.52. The maximum atomic E-state index is 2.82. The molecule has 1 unspecified atom stereocenters. The van der Waals surface area contributed by atoms with E-state index < -0.39 is 0 Å². The topological polar surface area (TPSA) is 3.24 Å². The summed E-state index contributed by atoms with van der Waals surface area (Å²) in [5.74, 6) is 1.85. The number of nitrogens with zero attached hydrogens (tertiary/aromatic N) is 1. The number of rotatable bonds is 2. The number of hydrogen-bond donors (Lipinski definition) is 0. The highest BCUT2D eigenvalue weighted by Gasteiger charge is 2.27. The Labute approximate surface area is 95.2 Å². The third kappa shape index (κ3) is 2.96. The zero-order valence-electron chi connectivity index (χ0n) is 10.5. The number of likely N-dealkylation sites (tertiary alicyclic amines) is 1. The lowest BCUT2D eigenvalue weighted by Gasteiger charge is -2.31. The van der Waals surface area contributed by atoms with Crippen LogP contribution in [0.1, 0.15) is 58.8 Å². The average Bonchev–Trinajstić information content (AvgIpc) is 2.62. The molecule has 0 N–H and O–H groups in total. The highest BCUT2D eigenvalue weighted by Crippen LogP contribution is 2.29. The Morgan fingerprint density at radius 2 is 1.60 bits per heavy atom. The van der Waals surface area contributed by atoms with Gasteiger partial charge in [0.1, 0.15) is 0 Å². The molecular weight excluding hydrogens is 182 g/mol. The molecule has 0 spiro atoms. The van der Waals surface area contributed by atoms with Crippen LogP contribution in [0.3, 0.4) is 0 Å². The first-order chi connectivity index (χ1) is 7.27. The molecule has 2 aliphatic rings. The Morgan fingerprint density at radius 3 is 2.27 bits per heavy atom. The SMILES string of the molecule is CC(C)C1CCCCN(C2CCCC2)C1. The molecule has 1 atom stereocenters. The molecule has 15 heavy (non-hydrogen) atoms. The van der Waals surface area contributed by atoms with Crippen LogP contribution in [0.2, 0.25) is 0 Å². The van der Waals surface area contributed by atoms with Crippen molar-refractivity contribution < 1.29 is 0 Å². The standard InChI is InChI=1S/C14H27N/c1-12(2)13-7-5-6-10-15(11-13)14-8-3-4-9-14/h12-14H,3-11H2,1-2H3. The van der Waals surface area contributed by atoms with Crippen LogP contribution in [0.15, 0.2) is 0 Å². The fourth-order valence-corrected chi connectivity index (χ4v) is 3.35. The van der Waals surface area contributed by atoms with Gasteiger partial charge in [-0.1, -0.05) is 33.1 Å². The summed E-state index contributed by atoms with van der Waals surface area (Å²) < 4.78 is 0. The van der Waals surface area contributed by atoms with Crippen LogP contribution >= 0.6 is 0 Å². The summed E-state index contributed by atoms with van der Waals surface area (Å²) >= 11 is 0. The van der Waals surface area contributed by atoms with E-state index in [9.17, 15) is 0 Å². The van der Waals surface area contributed by atoms with E-state index in [4.69, 9.17) is 0 Å². The van der Waals surface area contributed by atoms with Gasteiger partial charge in [-0.15, -0.1) is 0 Å². The van der Waals surface area contributed by atoms with Gasteiger partial charge in [0.15, 0.2) is 0 Å². The lowest BCUT2D eigenvalue weighted by molar-refractivity contribution is 0.164. The normalized spacial score (nSPS) is 31.0. The quantitative estimate of drug-likeness (QED) is 0.670. The molecule has 2 rings (SSSR count). The molecule has 1 nitrogen and oxygen atoms in total. The van der Waals surface area contributed by atoms with Gasteiger partial charge < -0.3 is 4.90 Å². The van der Waals surface area contributed by atoms with Gasteiger partial charge in [0.25, 0.3) is 0 Å². The predicted molar refractivity (Wildman–Crippen MR) is 66.0 cm³/mol. The lowest BCUT2D eigenvalue weighted by atomic mass is 9.91. The van der Waals surface area contributed by atoms with E-state index in [1.165, 1.54) is 58.0 Å². The molecule has 88 valence electrons. The summed E-state index contributed by atoms with van der Waals surface area (Å²) in [6.45, 7) is 7.59. The van der Waals surface area contributed by atoms with Crippen molar-refractivity contribution in [3.8, 4) is 0 Å². The van der Waals surface area contributed by atoms with Gasteiger partial charge in [-0.25, -0.2) is 0 Å². The second-order valence-electron chi connectivity index (χ2n) is 5.93.